The van der Waals surface area contributed by atoms with Gasteiger partial charge in [0, 0.05) is 4.47 Å². The minimum Gasteiger partial charge on any atom is -0.456 e. The lowest BCUT2D eigenvalue weighted by Gasteiger charge is -2.12. The molecule has 1 N–H and O–H groups in total. The van der Waals surface area contributed by atoms with E-state index in [0.29, 0.717) is 10.7 Å². The van der Waals surface area contributed by atoms with Gasteiger partial charge >= 0.3 is 11.9 Å². The van der Waals surface area contributed by atoms with Gasteiger partial charge in [-0.25, -0.2) is 4.79 Å². The summed E-state index contributed by atoms with van der Waals surface area (Å²) in [5.41, 5.74) is 0.595. The number of nitrogens with one attached hydrogen (secondary N) is 1. The Morgan fingerprint density at radius 1 is 1.56 bits per heavy atom. The van der Waals surface area contributed by atoms with Crippen LogP contribution in [0.15, 0.2) is 22.7 Å². The maximum absolute atomic E-state index is 12.9. The molecule has 1 aliphatic rings. The van der Waals surface area contributed by atoms with E-state index in [-0.39, 0.29) is 6.54 Å². The monoisotopic (exact) mass is 339 g/mol. The van der Waals surface area contributed by atoms with Crippen LogP contribution in [0.5, 0.6) is 0 Å². The van der Waals surface area contributed by atoms with Gasteiger partial charge in [-0.3, -0.25) is 0 Å². The molecule has 1 saturated heterocycles. The Labute approximate surface area is 116 Å². The molecule has 18 heavy (non-hydrogen) atoms. The molecule has 1 unspecified atom stereocenters. The Morgan fingerprint density at radius 2 is 2.28 bits per heavy atom. The van der Waals surface area contributed by atoms with Gasteiger partial charge in [-0.2, -0.15) is 8.78 Å². The van der Waals surface area contributed by atoms with Gasteiger partial charge in [0.2, 0.25) is 0 Å². The Morgan fingerprint density at radius 3 is 2.89 bits per heavy atom. The van der Waals surface area contributed by atoms with E-state index < -0.39 is 24.4 Å². The zero-order valence-electron chi connectivity index (χ0n) is 9.05. The number of carbonyl (C=O) groups excluding carboxylic acids is 1. The molecule has 7 heteroatoms. The number of ether oxygens (including phenoxy) is 1. The molecular weight excluding hydrogens is 331 g/mol. The van der Waals surface area contributed by atoms with Crippen LogP contribution in [-0.4, -0.2) is 24.5 Å². The SMILES string of the molecule is O=C1OC(CNc2cc(Br)ccc2Cl)CC1(F)F. The molecule has 0 saturated carbocycles. The predicted octanol–water partition coefficient (Wildman–Crippen LogP) is 3.47. The normalized spacial score (nSPS) is 21.8. The van der Waals surface area contributed by atoms with E-state index in [4.69, 9.17) is 11.6 Å². The summed E-state index contributed by atoms with van der Waals surface area (Å²) < 4.78 is 31.2. The van der Waals surface area contributed by atoms with E-state index in [1.165, 1.54) is 0 Å². The average Bonchev–Trinajstić information content (AvgIpc) is 2.54. The summed E-state index contributed by atoms with van der Waals surface area (Å²) in [6, 6.07) is 5.15. The summed E-state index contributed by atoms with van der Waals surface area (Å²) in [6.45, 7) is 0.0947. The predicted molar refractivity (Wildman–Crippen MR) is 67.1 cm³/mol. The fourth-order valence-electron chi connectivity index (χ4n) is 1.62. The van der Waals surface area contributed by atoms with Gasteiger partial charge in [0.15, 0.2) is 0 Å². The summed E-state index contributed by atoms with van der Waals surface area (Å²) in [5.74, 6) is -4.84. The molecule has 0 aromatic heterocycles. The highest BCUT2D eigenvalue weighted by atomic mass is 79.9. The first-order chi connectivity index (χ1) is 8.38. The minimum absolute atomic E-state index is 0.0947. The number of anilines is 1. The summed E-state index contributed by atoms with van der Waals surface area (Å²) in [5, 5.41) is 3.35. The lowest BCUT2D eigenvalue weighted by molar-refractivity contribution is -0.158. The summed E-state index contributed by atoms with van der Waals surface area (Å²) in [7, 11) is 0. The topological polar surface area (TPSA) is 38.3 Å². The zero-order chi connectivity index (χ0) is 13.3. The van der Waals surface area contributed by atoms with E-state index in [9.17, 15) is 13.6 Å². The number of alkyl halides is 2. The number of rotatable bonds is 3. The molecule has 0 amide bonds. The Kier molecular flexibility index (Phi) is 3.77. The van der Waals surface area contributed by atoms with Crippen LogP contribution >= 0.6 is 27.5 Å². The highest BCUT2D eigenvalue weighted by Crippen LogP contribution is 2.32. The van der Waals surface area contributed by atoms with Crippen molar-refractivity contribution in [2.75, 3.05) is 11.9 Å². The molecule has 1 aromatic rings. The van der Waals surface area contributed by atoms with Gasteiger partial charge in [0.1, 0.15) is 6.10 Å². The fraction of sp³-hybridized carbons (Fsp3) is 0.364. The molecule has 0 aliphatic carbocycles. The first-order valence-electron chi connectivity index (χ1n) is 5.16. The fourth-order valence-corrected chi connectivity index (χ4v) is 2.16. The highest BCUT2D eigenvalue weighted by molar-refractivity contribution is 9.10. The number of hydrogen-bond donors (Lipinski definition) is 1. The number of halogens is 4. The molecule has 0 spiro atoms. The van der Waals surface area contributed by atoms with Crippen molar-refractivity contribution in [2.24, 2.45) is 0 Å². The van der Waals surface area contributed by atoms with Gasteiger partial charge in [-0.1, -0.05) is 27.5 Å². The first kappa shape index (κ1) is 13.5. The third-order valence-electron chi connectivity index (χ3n) is 2.50. The number of benzene rings is 1. The van der Waals surface area contributed by atoms with Crippen LogP contribution in [0.25, 0.3) is 0 Å². The molecule has 1 atom stereocenters. The lowest BCUT2D eigenvalue weighted by atomic mass is 10.2. The van der Waals surface area contributed by atoms with Crippen molar-refractivity contribution in [3.8, 4) is 0 Å². The van der Waals surface area contributed by atoms with E-state index in [0.717, 1.165) is 4.47 Å². The van der Waals surface area contributed by atoms with E-state index in [2.05, 4.69) is 26.0 Å². The smallest absolute Gasteiger partial charge is 0.377 e. The lowest BCUT2D eigenvalue weighted by Crippen LogP contribution is -2.22. The maximum atomic E-state index is 12.9. The van der Waals surface area contributed by atoms with Crippen molar-refractivity contribution >= 4 is 39.2 Å². The molecule has 0 bridgehead atoms. The molecular formula is C11H9BrClF2NO2. The molecule has 1 aromatic carbocycles. The Bertz CT molecular complexity index is 484. The van der Waals surface area contributed by atoms with Crippen molar-refractivity contribution in [1.82, 2.24) is 0 Å². The zero-order valence-corrected chi connectivity index (χ0v) is 11.4. The van der Waals surface area contributed by atoms with Crippen LogP contribution in [0.1, 0.15) is 6.42 Å². The Hall–Kier alpha value is -0.880. The number of cyclic esters (lactones) is 1. The molecule has 3 nitrogen and oxygen atoms in total. The van der Waals surface area contributed by atoms with Crippen LogP contribution in [-0.2, 0) is 9.53 Å². The summed E-state index contributed by atoms with van der Waals surface area (Å²) >= 11 is 9.20. The van der Waals surface area contributed by atoms with Crippen molar-refractivity contribution in [2.45, 2.75) is 18.4 Å². The summed E-state index contributed by atoms with van der Waals surface area (Å²) in [6.07, 6.45) is -1.45. The largest absolute Gasteiger partial charge is 0.456 e. The first-order valence-corrected chi connectivity index (χ1v) is 6.33. The Balaban J connectivity index is 1.97. The van der Waals surface area contributed by atoms with E-state index in [1.807, 2.05) is 0 Å². The van der Waals surface area contributed by atoms with Gasteiger partial charge in [-0.15, -0.1) is 0 Å². The van der Waals surface area contributed by atoms with Crippen LogP contribution < -0.4 is 5.32 Å². The summed E-state index contributed by atoms with van der Waals surface area (Å²) in [4.78, 5) is 10.8. The van der Waals surface area contributed by atoms with Gasteiger partial charge in [0.05, 0.1) is 23.7 Å². The molecule has 98 valence electrons. The van der Waals surface area contributed by atoms with Crippen molar-refractivity contribution in [1.29, 1.82) is 0 Å². The second kappa shape index (κ2) is 5.01. The van der Waals surface area contributed by atoms with Gasteiger partial charge < -0.3 is 10.1 Å². The second-order valence-corrected chi connectivity index (χ2v) is 5.26. The average molecular weight is 341 g/mol. The molecule has 1 fully saturated rings. The van der Waals surface area contributed by atoms with Crippen LogP contribution in [0, 0.1) is 0 Å². The molecule has 0 radical (unpaired) electrons. The highest BCUT2D eigenvalue weighted by Gasteiger charge is 2.50. The minimum atomic E-state index is -3.38. The van der Waals surface area contributed by atoms with Crippen molar-refractivity contribution in [3.63, 3.8) is 0 Å². The third-order valence-corrected chi connectivity index (χ3v) is 3.33. The van der Waals surface area contributed by atoms with E-state index >= 15 is 0 Å². The van der Waals surface area contributed by atoms with Gasteiger partial charge in [-0.05, 0) is 18.2 Å². The molecule has 1 aliphatic heterocycles. The van der Waals surface area contributed by atoms with E-state index in [1.54, 1.807) is 18.2 Å². The second-order valence-electron chi connectivity index (χ2n) is 3.94. The standard InChI is InChI=1S/C11H9BrClF2NO2/c12-6-1-2-8(13)9(3-6)16-5-7-4-11(14,15)10(17)18-7/h1-3,7,16H,4-5H2. The van der Waals surface area contributed by atoms with Crippen LogP contribution in [0.2, 0.25) is 5.02 Å². The number of carbonyl (C=O) groups is 1. The van der Waals surface area contributed by atoms with Crippen molar-refractivity contribution in [3.05, 3.63) is 27.7 Å². The number of hydrogen-bond acceptors (Lipinski definition) is 3. The quantitative estimate of drug-likeness (QED) is 0.856. The number of esters is 1. The van der Waals surface area contributed by atoms with Crippen LogP contribution in [0.3, 0.4) is 0 Å². The van der Waals surface area contributed by atoms with Gasteiger partial charge in [0.25, 0.3) is 0 Å². The molecule has 1 heterocycles. The molecule has 2 rings (SSSR count). The maximum Gasteiger partial charge on any atom is 0.377 e. The van der Waals surface area contributed by atoms with Crippen molar-refractivity contribution < 1.29 is 18.3 Å². The van der Waals surface area contributed by atoms with Crippen LogP contribution in [0.4, 0.5) is 14.5 Å². The third kappa shape index (κ3) is 2.92.